The molecule has 0 bridgehead atoms. The van der Waals surface area contributed by atoms with Gasteiger partial charge in [0.15, 0.2) is 17.3 Å². The van der Waals surface area contributed by atoms with Crippen LogP contribution in [0.1, 0.15) is 27.9 Å². The summed E-state index contributed by atoms with van der Waals surface area (Å²) in [7, 11) is 0. The Kier molecular flexibility index (Phi) is 3.32. The molecule has 2 N–H and O–H groups in total. The first-order valence-corrected chi connectivity index (χ1v) is 10.2. The van der Waals surface area contributed by atoms with E-state index in [-0.39, 0.29) is 12.6 Å². The molecular weight excluding hydrogens is 384 g/mol. The molecule has 29 heavy (non-hydrogen) atoms. The molecule has 2 aromatic carbocycles. The number of hydrogen-bond acceptors (Lipinski definition) is 6. The number of fused-ring (bicyclic) bond motifs is 5. The Balaban J connectivity index is 1.75. The highest BCUT2D eigenvalue weighted by Crippen LogP contribution is 2.50. The van der Waals surface area contributed by atoms with Gasteiger partial charge in [-0.2, -0.15) is 0 Å². The van der Waals surface area contributed by atoms with Crippen LogP contribution in [0, 0.1) is 0 Å². The van der Waals surface area contributed by atoms with Gasteiger partial charge >= 0.3 is 0 Å². The second-order valence-corrected chi connectivity index (χ2v) is 8.29. The summed E-state index contributed by atoms with van der Waals surface area (Å²) in [6.45, 7) is 1.77. The second kappa shape index (κ2) is 5.81. The minimum absolute atomic E-state index is 0.0392. The molecule has 4 aromatic rings. The number of hydrogen-bond donors (Lipinski definition) is 1. The number of Topliss-reactive ketones (excluding diaryl/α,β-unsaturated/α-hetero) is 1. The van der Waals surface area contributed by atoms with E-state index in [9.17, 15) is 4.79 Å². The van der Waals surface area contributed by atoms with Crippen LogP contribution in [0.25, 0.3) is 32.5 Å². The van der Waals surface area contributed by atoms with E-state index in [4.69, 9.17) is 20.2 Å². The molecule has 0 atom stereocenters. The highest BCUT2D eigenvalue weighted by molar-refractivity contribution is 7.21. The zero-order valence-electron chi connectivity index (χ0n) is 15.6. The number of ketones is 1. The molecule has 5 nitrogen and oxygen atoms in total. The zero-order chi connectivity index (χ0) is 19.7. The van der Waals surface area contributed by atoms with Gasteiger partial charge in [0.1, 0.15) is 4.83 Å². The van der Waals surface area contributed by atoms with E-state index in [0.717, 1.165) is 44.8 Å². The molecule has 0 radical (unpaired) electrons. The number of nitrogens with zero attached hydrogens (tertiary/aromatic N) is 1. The number of thiophene rings is 1. The van der Waals surface area contributed by atoms with Gasteiger partial charge in [0.2, 0.25) is 6.79 Å². The van der Waals surface area contributed by atoms with Crippen molar-refractivity contribution >= 4 is 33.0 Å². The summed E-state index contributed by atoms with van der Waals surface area (Å²) in [5, 5.41) is 0.842. The summed E-state index contributed by atoms with van der Waals surface area (Å²) in [5.41, 5.74) is 13.5. The van der Waals surface area contributed by atoms with Gasteiger partial charge in [-0.3, -0.25) is 4.79 Å². The van der Waals surface area contributed by atoms with Crippen LogP contribution in [0.15, 0.2) is 42.5 Å². The van der Waals surface area contributed by atoms with Gasteiger partial charge in [0.05, 0.1) is 16.3 Å². The lowest BCUT2D eigenvalue weighted by Crippen LogP contribution is -1.97. The molecule has 6 rings (SSSR count). The van der Waals surface area contributed by atoms with Gasteiger partial charge in [-0.25, -0.2) is 4.98 Å². The number of nitrogen functional groups attached to an aromatic ring is 1. The van der Waals surface area contributed by atoms with Crippen molar-refractivity contribution in [1.29, 1.82) is 0 Å². The molecule has 2 aromatic heterocycles. The summed E-state index contributed by atoms with van der Waals surface area (Å²) >= 11 is 1.37. The van der Waals surface area contributed by atoms with Gasteiger partial charge < -0.3 is 15.2 Å². The van der Waals surface area contributed by atoms with Crippen molar-refractivity contribution in [1.82, 2.24) is 4.98 Å². The summed E-state index contributed by atoms with van der Waals surface area (Å²) in [6, 6.07) is 14.3. The Labute approximate surface area is 170 Å². The summed E-state index contributed by atoms with van der Waals surface area (Å²) in [4.78, 5) is 18.4. The molecule has 0 unspecified atom stereocenters. The van der Waals surface area contributed by atoms with Gasteiger partial charge in [-0.15, -0.1) is 11.3 Å². The number of ether oxygens (including phenoxy) is 2. The fourth-order valence-electron chi connectivity index (χ4n) is 4.32. The standard InChI is InChI=1S/C23H16N2O3S/c1-11(26)22-21(24)20-18(13-6-7-16-17(9-13)28-10-27-16)19-14-5-3-2-4-12(14)8-15(19)25-23(20)29-22/h2-7,9H,8,10,24H2,1H3. The fourth-order valence-corrected chi connectivity index (χ4v) is 5.34. The summed E-state index contributed by atoms with van der Waals surface area (Å²) in [6.07, 6.45) is 0.770. The number of anilines is 1. The predicted molar refractivity (Wildman–Crippen MR) is 114 cm³/mol. The summed E-state index contributed by atoms with van der Waals surface area (Å²) in [5.74, 6) is 1.41. The molecule has 0 fully saturated rings. The predicted octanol–water partition coefficient (Wildman–Crippen LogP) is 5.05. The lowest BCUT2D eigenvalue weighted by atomic mass is 9.93. The van der Waals surface area contributed by atoms with Crippen molar-refractivity contribution in [3.8, 4) is 33.8 Å². The molecule has 0 amide bonds. The van der Waals surface area contributed by atoms with Crippen molar-refractivity contribution < 1.29 is 14.3 Å². The number of nitrogens with two attached hydrogens (primary N) is 1. The number of aromatic nitrogens is 1. The van der Waals surface area contributed by atoms with Crippen LogP contribution in [0.5, 0.6) is 11.5 Å². The molecule has 0 saturated heterocycles. The minimum Gasteiger partial charge on any atom is -0.454 e. The van der Waals surface area contributed by atoms with E-state index in [0.29, 0.717) is 16.3 Å². The van der Waals surface area contributed by atoms with Crippen LogP contribution in [-0.2, 0) is 6.42 Å². The molecule has 3 heterocycles. The quantitative estimate of drug-likeness (QED) is 0.420. The van der Waals surface area contributed by atoms with E-state index in [2.05, 4.69) is 18.2 Å². The Morgan fingerprint density at radius 3 is 2.79 bits per heavy atom. The number of pyridine rings is 1. The number of rotatable bonds is 2. The zero-order valence-corrected chi connectivity index (χ0v) is 16.4. The van der Waals surface area contributed by atoms with E-state index in [1.54, 1.807) is 6.92 Å². The normalized spacial score (nSPS) is 13.6. The minimum atomic E-state index is -0.0392. The SMILES string of the molecule is CC(=O)c1sc2nc3c(c(-c4ccc5c(c4)OCO5)c2c1N)-c1ccccc1C3. The van der Waals surface area contributed by atoms with E-state index < -0.39 is 0 Å². The third-order valence-corrected chi connectivity index (χ3v) is 6.78. The van der Waals surface area contributed by atoms with Crippen LogP contribution in [0.3, 0.4) is 0 Å². The molecular formula is C23H16N2O3S. The van der Waals surface area contributed by atoms with Crippen molar-refractivity contribution in [3.63, 3.8) is 0 Å². The summed E-state index contributed by atoms with van der Waals surface area (Å²) < 4.78 is 11.1. The number of carbonyl (C=O) groups is 1. The molecule has 1 aliphatic heterocycles. The number of carbonyl (C=O) groups excluding carboxylic acids is 1. The Morgan fingerprint density at radius 1 is 1.10 bits per heavy atom. The van der Waals surface area contributed by atoms with Gasteiger partial charge in [0.25, 0.3) is 0 Å². The fraction of sp³-hybridized carbons (Fsp3) is 0.130. The maximum atomic E-state index is 12.2. The maximum absolute atomic E-state index is 12.2. The first kappa shape index (κ1) is 16.6. The average Bonchev–Trinajstić information content (AvgIpc) is 3.41. The topological polar surface area (TPSA) is 74.4 Å². The van der Waals surface area contributed by atoms with Crippen molar-refractivity contribution in [3.05, 3.63) is 58.6 Å². The van der Waals surface area contributed by atoms with Crippen LogP contribution >= 0.6 is 11.3 Å². The van der Waals surface area contributed by atoms with E-state index >= 15 is 0 Å². The molecule has 0 saturated carbocycles. The molecule has 1 aliphatic carbocycles. The van der Waals surface area contributed by atoms with Crippen LogP contribution < -0.4 is 15.2 Å². The Bertz CT molecular complexity index is 1360. The smallest absolute Gasteiger partial charge is 0.231 e. The van der Waals surface area contributed by atoms with Crippen molar-refractivity contribution in [2.75, 3.05) is 12.5 Å². The lowest BCUT2D eigenvalue weighted by molar-refractivity contribution is 0.102. The Morgan fingerprint density at radius 2 is 1.93 bits per heavy atom. The largest absolute Gasteiger partial charge is 0.454 e. The maximum Gasteiger partial charge on any atom is 0.231 e. The van der Waals surface area contributed by atoms with Crippen LogP contribution in [0.4, 0.5) is 5.69 Å². The Hall–Kier alpha value is -3.38. The average molecular weight is 400 g/mol. The molecule has 2 aliphatic rings. The van der Waals surface area contributed by atoms with Crippen molar-refractivity contribution in [2.45, 2.75) is 13.3 Å². The van der Waals surface area contributed by atoms with E-state index in [1.807, 2.05) is 24.3 Å². The monoisotopic (exact) mass is 400 g/mol. The third kappa shape index (κ3) is 2.26. The van der Waals surface area contributed by atoms with Crippen LogP contribution in [-0.4, -0.2) is 17.6 Å². The van der Waals surface area contributed by atoms with Crippen LogP contribution in [0.2, 0.25) is 0 Å². The number of benzene rings is 2. The van der Waals surface area contributed by atoms with E-state index in [1.165, 1.54) is 22.5 Å². The van der Waals surface area contributed by atoms with Crippen molar-refractivity contribution in [2.24, 2.45) is 0 Å². The van der Waals surface area contributed by atoms with Gasteiger partial charge in [-0.05, 0) is 28.8 Å². The first-order valence-electron chi connectivity index (χ1n) is 9.36. The lowest BCUT2D eigenvalue weighted by Gasteiger charge is -2.13. The highest BCUT2D eigenvalue weighted by Gasteiger charge is 2.29. The van der Waals surface area contributed by atoms with Gasteiger partial charge in [-0.1, -0.05) is 30.3 Å². The molecule has 142 valence electrons. The molecule has 0 spiro atoms. The highest BCUT2D eigenvalue weighted by atomic mass is 32.1. The molecule has 6 heteroatoms. The third-order valence-electron chi connectivity index (χ3n) is 5.58. The second-order valence-electron chi connectivity index (χ2n) is 7.29. The first-order chi connectivity index (χ1) is 14.1. The van der Waals surface area contributed by atoms with Gasteiger partial charge in [0, 0.05) is 29.9 Å².